The summed E-state index contributed by atoms with van der Waals surface area (Å²) < 4.78 is 5.53. The highest BCUT2D eigenvalue weighted by molar-refractivity contribution is 6.16. The zero-order valence-corrected chi connectivity index (χ0v) is 8.04. The molecule has 0 aliphatic rings. The standard InChI is InChI=1S/C7H9ClN2O3/c1-9(2)7(12)10-6(11)3-5(4-8)13-10/h3H,4H2,1-2H3. The minimum atomic E-state index is -0.527. The molecule has 0 fully saturated rings. The van der Waals surface area contributed by atoms with Crippen LogP contribution in [0.4, 0.5) is 4.79 Å². The average Bonchev–Trinajstić information content (AvgIpc) is 2.45. The first kappa shape index (κ1) is 9.85. The van der Waals surface area contributed by atoms with Crippen molar-refractivity contribution in [1.29, 1.82) is 0 Å². The molecule has 0 bridgehead atoms. The van der Waals surface area contributed by atoms with E-state index in [1.54, 1.807) is 0 Å². The number of hydrogen-bond donors (Lipinski definition) is 0. The average molecular weight is 205 g/mol. The first-order chi connectivity index (χ1) is 6.06. The van der Waals surface area contributed by atoms with Crippen LogP contribution in [0.2, 0.25) is 0 Å². The minimum Gasteiger partial charge on any atom is -0.370 e. The molecule has 1 aromatic rings. The molecule has 0 N–H and O–H groups in total. The molecule has 0 atom stereocenters. The summed E-state index contributed by atoms with van der Waals surface area (Å²) in [7, 11) is 3.05. The van der Waals surface area contributed by atoms with Crippen LogP contribution in [0, 0.1) is 0 Å². The summed E-state index contributed by atoms with van der Waals surface area (Å²) in [5.41, 5.74) is -0.505. The van der Waals surface area contributed by atoms with E-state index in [-0.39, 0.29) is 11.6 Å². The molecule has 0 aromatic carbocycles. The zero-order chi connectivity index (χ0) is 10.0. The van der Waals surface area contributed by atoms with Crippen LogP contribution in [0.5, 0.6) is 0 Å². The van der Waals surface area contributed by atoms with Crippen molar-refractivity contribution >= 4 is 17.6 Å². The molecule has 1 aromatic heterocycles. The molecular weight excluding hydrogens is 196 g/mol. The van der Waals surface area contributed by atoms with Gasteiger partial charge in [-0.15, -0.1) is 11.6 Å². The van der Waals surface area contributed by atoms with E-state index in [1.807, 2.05) is 0 Å². The van der Waals surface area contributed by atoms with Crippen molar-refractivity contribution in [2.24, 2.45) is 0 Å². The fourth-order valence-electron chi connectivity index (χ4n) is 0.763. The summed E-state index contributed by atoms with van der Waals surface area (Å²) in [5, 5.41) is 0. The van der Waals surface area contributed by atoms with Crippen molar-refractivity contribution in [1.82, 2.24) is 9.64 Å². The summed E-state index contributed by atoms with van der Waals surface area (Å²) in [5.74, 6) is 0.352. The fraction of sp³-hybridized carbons (Fsp3) is 0.429. The predicted molar refractivity (Wildman–Crippen MR) is 47.0 cm³/mol. The van der Waals surface area contributed by atoms with Gasteiger partial charge in [0.25, 0.3) is 5.56 Å². The lowest BCUT2D eigenvalue weighted by molar-refractivity contribution is 0.182. The molecule has 72 valence electrons. The van der Waals surface area contributed by atoms with Gasteiger partial charge in [0.15, 0.2) is 5.76 Å². The summed E-state index contributed by atoms with van der Waals surface area (Å²) in [6.45, 7) is 0. The van der Waals surface area contributed by atoms with Gasteiger partial charge in [0, 0.05) is 20.2 Å². The lowest BCUT2D eigenvalue weighted by Gasteiger charge is -2.07. The summed E-state index contributed by atoms with van der Waals surface area (Å²) in [6.07, 6.45) is 0. The lowest BCUT2D eigenvalue weighted by atomic mass is 10.5. The van der Waals surface area contributed by atoms with E-state index in [1.165, 1.54) is 25.1 Å². The van der Waals surface area contributed by atoms with E-state index in [2.05, 4.69) is 0 Å². The molecular formula is C7H9ClN2O3. The molecule has 0 radical (unpaired) electrons. The maximum atomic E-state index is 11.2. The third-order valence-electron chi connectivity index (χ3n) is 1.38. The van der Waals surface area contributed by atoms with E-state index >= 15 is 0 Å². The van der Waals surface area contributed by atoms with Crippen LogP contribution in [0.1, 0.15) is 5.76 Å². The van der Waals surface area contributed by atoms with Gasteiger partial charge >= 0.3 is 6.03 Å². The maximum absolute atomic E-state index is 11.2. The topological polar surface area (TPSA) is 55.5 Å². The third kappa shape index (κ3) is 1.92. The number of carbonyl (C=O) groups is 1. The highest BCUT2D eigenvalue weighted by Gasteiger charge is 2.14. The predicted octanol–water partition coefficient (Wildman–Crippen LogP) is 0.710. The molecule has 0 saturated carbocycles. The van der Waals surface area contributed by atoms with Crippen molar-refractivity contribution in [2.45, 2.75) is 5.88 Å². The Labute approximate surface area is 79.5 Å². The number of nitrogens with zero attached hydrogens (tertiary/aromatic N) is 2. The Morgan fingerprint density at radius 3 is 2.69 bits per heavy atom. The number of rotatable bonds is 1. The molecule has 1 heterocycles. The van der Waals surface area contributed by atoms with Gasteiger partial charge in [-0.3, -0.25) is 4.79 Å². The first-order valence-corrected chi connectivity index (χ1v) is 4.09. The Morgan fingerprint density at radius 1 is 1.69 bits per heavy atom. The molecule has 1 rings (SSSR count). The van der Waals surface area contributed by atoms with Crippen molar-refractivity contribution < 1.29 is 9.32 Å². The SMILES string of the molecule is CN(C)C(=O)n1oc(CCl)cc1=O. The second-order valence-corrected chi connectivity index (χ2v) is 2.91. The highest BCUT2D eigenvalue weighted by atomic mass is 35.5. The number of aromatic nitrogens is 1. The molecule has 0 aliphatic heterocycles. The third-order valence-corrected chi connectivity index (χ3v) is 1.64. The minimum absolute atomic E-state index is 0.0724. The van der Waals surface area contributed by atoms with Crippen LogP contribution in [0.3, 0.4) is 0 Å². The van der Waals surface area contributed by atoms with Crippen LogP contribution in [-0.2, 0) is 5.88 Å². The number of halogens is 1. The van der Waals surface area contributed by atoms with Crippen molar-refractivity contribution in [3.63, 3.8) is 0 Å². The van der Waals surface area contributed by atoms with Crippen LogP contribution in [0.15, 0.2) is 15.4 Å². The second kappa shape index (κ2) is 3.66. The monoisotopic (exact) mass is 204 g/mol. The van der Waals surface area contributed by atoms with E-state index < -0.39 is 11.6 Å². The molecule has 13 heavy (non-hydrogen) atoms. The van der Waals surface area contributed by atoms with Gasteiger partial charge in [-0.05, 0) is 0 Å². The number of alkyl halides is 1. The second-order valence-electron chi connectivity index (χ2n) is 2.65. The number of hydrogen-bond acceptors (Lipinski definition) is 3. The van der Waals surface area contributed by atoms with Gasteiger partial charge in [-0.1, -0.05) is 4.74 Å². The zero-order valence-electron chi connectivity index (χ0n) is 7.28. The Kier molecular flexibility index (Phi) is 2.77. The van der Waals surface area contributed by atoms with Crippen molar-refractivity contribution in [2.75, 3.05) is 14.1 Å². The van der Waals surface area contributed by atoms with Gasteiger partial charge in [-0.2, -0.15) is 0 Å². The summed E-state index contributed by atoms with van der Waals surface area (Å²) in [4.78, 5) is 23.6. The molecule has 0 unspecified atom stereocenters. The van der Waals surface area contributed by atoms with Gasteiger partial charge in [0.1, 0.15) is 0 Å². The molecule has 1 amide bonds. The van der Waals surface area contributed by atoms with E-state index in [0.29, 0.717) is 4.74 Å². The van der Waals surface area contributed by atoms with Crippen molar-refractivity contribution in [3.05, 3.63) is 22.2 Å². The summed E-state index contributed by atoms with van der Waals surface area (Å²) >= 11 is 5.43. The smallest absolute Gasteiger partial charge is 0.360 e. The molecule has 0 aliphatic carbocycles. The quantitative estimate of drug-likeness (QED) is 0.633. The van der Waals surface area contributed by atoms with E-state index in [9.17, 15) is 9.59 Å². The fourth-order valence-corrected chi connectivity index (χ4v) is 0.889. The molecule has 0 saturated heterocycles. The Morgan fingerprint density at radius 2 is 2.31 bits per heavy atom. The largest absolute Gasteiger partial charge is 0.370 e. The Balaban J connectivity index is 3.08. The highest BCUT2D eigenvalue weighted by Crippen LogP contribution is 2.00. The molecule has 5 nitrogen and oxygen atoms in total. The Hall–Kier alpha value is -1.23. The molecule has 0 spiro atoms. The Bertz CT molecular complexity index is 366. The van der Waals surface area contributed by atoms with Gasteiger partial charge in [0.05, 0.1) is 5.88 Å². The lowest BCUT2D eigenvalue weighted by Crippen LogP contribution is -2.32. The van der Waals surface area contributed by atoms with Crippen molar-refractivity contribution in [3.8, 4) is 0 Å². The van der Waals surface area contributed by atoms with Gasteiger partial charge < -0.3 is 9.42 Å². The van der Waals surface area contributed by atoms with E-state index in [0.717, 1.165) is 0 Å². The van der Waals surface area contributed by atoms with Crippen LogP contribution in [0.25, 0.3) is 0 Å². The van der Waals surface area contributed by atoms with Gasteiger partial charge in [0.2, 0.25) is 0 Å². The van der Waals surface area contributed by atoms with Crippen LogP contribution >= 0.6 is 11.6 Å². The normalized spacial score (nSPS) is 10.1. The maximum Gasteiger partial charge on any atom is 0.360 e. The van der Waals surface area contributed by atoms with Crippen LogP contribution in [-0.4, -0.2) is 29.8 Å². The van der Waals surface area contributed by atoms with Gasteiger partial charge in [-0.25, -0.2) is 4.79 Å². The number of carbonyl (C=O) groups excluding carboxylic acids is 1. The first-order valence-electron chi connectivity index (χ1n) is 3.56. The van der Waals surface area contributed by atoms with Crippen LogP contribution < -0.4 is 5.56 Å². The van der Waals surface area contributed by atoms with E-state index in [4.69, 9.17) is 16.1 Å². The molecule has 6 heteroatoms. The summed E-state index contributed by atoms with van der Waals surface area (Å²) in [6, 6.07) is 0.662. The number of amides is 1.